The van der Waals surface area contributed by atoms with Crippen molar-refractivity contribution in [3.63, 3.8) is 0 Å². The van der Waals surface area contributed by atoms with E-state index in [4.69, 9.17) is 5.73 Å². The third kappa shape index (κ3) is 3.77. The van der Waals surface area contributed by atoms with Crippen LogP contribution in [0.2, 0.25) is 0 Å². The van der Waals surface area contributed by atoms with Crippen molar-refractivity contribution in [1.29, 1.82) is 0 Å². The van der Waals surface area contributed by atoms with Crippen molar-refractivity contribution >= 4 is 5.69 Å². The number of nitrogens with two attached hydrogens (primary N) is 1. The van der Waals surface area contributed by atoms with Gasteiger partial charge >= 0.3 is 0 Å². The maximum Gasteiger partial charge on any atom is 0.0936 e. The predicted octanol–water partition coefficient (Wildman–Crippen LogP) is 1.83. The predicted molar refractivity (Wildman–Crippen MR) is 76.4 cm³/mol. The highest BCUT2D eigenvalue weighted by molar-refractivity contribution is 5.47. The second kappa shape index (κ2) is 6.31. The zero-order valence-corrected chi connectivity index (χ0v) is 11.0. The number of anilines is 1. The average molecular weight is 257 g/mol. The molecule has 0 aliphatic carbocycles. The van der Waals surface area contributed by atoms with Gasteiger partial charge in [-0.05, 0) is 24.7 Å². The van der Waals surface area contributed by atoms with Crippen molar-refractivity contribution in [2.75, 3.05) is 19.3 Å². The lowest BCUT2D eigenvalue weighted by Crippen LogP contribution is -2.24. The summed E-state index contributed by atoms with van der Waals surface area (Å²) in [5, 5.41) is 10.2. The summed E-state index contributed by atoms with van der Waals surface area (Å²) in [7, 11) is 1.97. The number of aromatic nitrogens is 1. The van der Waals surface area contributed by atoms with Crippen LogP contribution in [0.15, 0.2) is 48.8 Å². The first-order valence-electron chi connectivity index (χ1n) is 6.26. The third-order valence-corrected chi connectivity index (χ3v) is 3.01. The number of hydrogen-bond donors (Lipinski definition) is 2. The number of likely N-dealkylation sites (N-methyl/N-ethyl adjacent to an activating group) is 1. The van der Waals surface area contributed by atoms with E-state index in [0.717, 1.165) is 17.7 Å². The van der Waals surface area contributed by atoms with Crippen LogP contribution in [0, 0.1) is 0 Å². The van der Waals surface area contributed by atoms with E-state index in [1.54, 1.807) is 12.3 Å². The summed E-state index contributed by atoms with van der Waals surface area (Å²) in [6, 6.07) is 11.3. The quantitative estimate of drug-likeness (QED) is 0.802. The van der Waals surface area contributed by atoms with Gasteiger partial charge in [-0.3, -0.25) is 9.88 Å². The zero-order valence-electron chi connectivity index (χ0n) is 11.0. The van der Waals surface area contributed by atoms with Gasteiger partial charge in [-0.15, -0.1) is 0 Å². The van der Waals surface area contributed by atoms with Gasteiger partial charge in [0.2, 0.25) is 0 Å². The summed E-state index contributed by atoms with van der Waals surface area (Å²) < 4.78 is 0. The molecule has 4 heteroatoms. The maximum absolute atomic E-state index is 10.2. The first-order valence-corrected chi connectivity index (χ1v) is 6.26. The van der Waals surface area contributed by atoms with Crippen LogP contribution in [0.4, 0.5) is 5.69 Å². The Morgan fingerprint density at radius 1 is 1.26 bits per heavy atom. The van der Waals surface area contributed by atoms with Crippen molar-refractivity contribution in [2.24, 2.45) is 0 Å². The first-order chi connectivity index (χ1) is 9.16. The molecule has 4 nitrogen and oxygen atoms in total. The summed E-state index contributed by atoms with van der Waals surface area (Å²) >= 11 is 0. The molecular formula is C15H19N3O. The number of hydrogen-bond acceptors (Lipinski definition) is 4. The van der Waals surface area contributed by atoms with Crippen LogP contribution in [0.25, 0.3) is 0 Å². The Balaban J connectivity index is 1.96. The topological polar surface area (TPSA) is 62.4 Å². The molecule has 0 saturated carbocycles. The monoisotopic (exact) mass is 257 g/mol. The molecule has 1 aromatic carbocycles. The largest absolute Gasteiger partial charge is 0.398 e. The van der Waals surface area contributed by atoms with Crippen LogP contribution in [0.5, 0.6) is 0 Å². The molecule has 19 heavy (non-hydrogen) atoms. The van der Waals surface area contributed by atoms with Gasteiger partial charge < -0.3 is 10.8 Å². The van der Waals surface area contributed by atoms with Gasteiger partial charge in [0.1, 0.15) is 0 Å². The summed E-state index contributed by atoms with van der Waals surface area (Å²) in [6.07, 6.45) is 3.01. The molecule has 0 radical (unpaired) electrons. The fourth-order valence-electron chi connectivity index (χ4n) is 2.08. The highest BCUT2D eigenvalue weighted by Gasteiger charge is 2.13. The Hall–Kier alpha value is -1.91. The van der Waals surface area contributed by atoms with E-state index in [0.29, 0.717) is 12.2 Å². The third-order valence-electron chi connectivity index (χ3n) is 3.01. The van der Waals surface area contributed by atoms with E-state index >= 15 is 0 Å². The number of nitrogens with zero attached hydrogens (tertiary/aromatic N) is 2. The lowest BCUT2D eigenvalue weighted by Gasteiger charge is -2.21. The molecule has 1 aromatic heterocycles. The number of para-hydroxylation sites is 1. The fraction of sp³-hybridized carbons (Fsp3) is 0.267. The first kappa shape index (κ1) is 13.5. The lowest BCUT2D eigenvalue weighted by atomic mass is 10.1. The van der Waals surface area contributed by atoms with E-state index in [2.05, 4.69) is 4.98 Å². The lowest BCUT2D eigenvalue weighted by molar-refractivity contribution is 0.124. The molecule has 1 heterocycles. The van der Waals surface area contributed by atoms with Gasteiger partial charge in [0.25, 0.3) is 0 Å². The molecule has 2 aromatic rings. The van der Waals surface area contributed by atoms with Crippen LogP contribution in [-0.4, -0.2) is 28.6 Å². The van der Waals surface area contributed by atoms with Crippen molar-refractivity contribution < 1.29 is 5.11 Å². The van der Waals surface area contributed by atoms with E-state index < -0.39 is 6.10 Å². The van der Waals surface area contributed by atoms with Gasteiger partial charge in [-0.1, -0.05) is 24.3 Å². The summed E-state index contributed by atoms with van der Waals surface area (Å²) in [5.74, 6) is 0. The number of benzene rings is 1. The van der Waals surface area contributed by atoms with Crippen LogP contribution in [-0.2, 0) is 6.54 Å². The van der Waals surface area contributed by atoms with Gasteiger partial charge in [0, 0.05) is 36.7 Å². The number of nitrogen functional groups attached to an aromatic ring is 1. The number of pyridine rings is 1. The van der Waals surface area contributed by atoms with E-state index in [1.807, 2.05) is 48.5 Å². The molecule has 0 aliphatic rings. The molecule has 0 amide bonds. The molecule has 0 fully saturated rings. The van der Waals surface area contributed by atoms with Crippen molar-refractivity contribution in [3.8, 4) is 0 Å². The molecule has 0 spiro atoms. The Bertz CT molecular complexity index is 516. The van der Waals surface area contributed by atoms with Crippen molar-refractivity contribution in [3.05, 3.63) is 59.9 Å². The highest BCUT2D eigenvalue weighted by Crippen LogP contribution is 2.20. The molecule has 3 N–H and O–H groups in total. The molecule has 1 atom stereocenters. The minimum atomic E-state index is -0.581. The Labute approximate surface area is 113 Å². The Morgan fingerprint density at radius 2 is 2.05 bits per heavy atom. The average Bonchev–Trinajstić information content (AvgIpc) is 2.40. The van der Waals surface area contributed by atoms with Crippen LogP contribution in [0.1, 0.15) is 17.2 Å². The van der Waals surface area contributed by atoms with Gasteiger partial charge in [-0.2, -0.15) is 0 Å². The summed E-state index contributed by atoms with van der Waals surface area (Å²) in [6.45, 7) is 1.28. The molecular weight excluding hydrogens is 238 g/mol. The van der Waals surface area contributed by atoms with Crippen molar-refractivity contribution in [1.82, 2.24) is 9.88 Å². The summed E-state index contributed by atoms with van der Waals surface area (Å²) in [4.78, 5) is 6.13. The second-order valence-corrected chi connectivity index (χ2v) is 4.70. The smallest absolute Gasteiger partial charge is 0.0936 e. The second-order valence-electron chi connectivity index (χ2n) is 4.70. The zero-order chi connectivity index (χ0) is 13.7. The molecule has 0 bridgehead atoms. The summed E-state index contributed by atoms with van der Waals surface area (Å²) in [5.41, 5.74) is 8.39. The molecule has 0 saturated heterocycles. The van der Waals surface area contributed by atoms with Gasteiger partial charge in [-0.25, -0.2) is 0 Å². The fourth-order valence-corrected chi connectivity index (χ4v) is 2.08. The van der Waals surface area contributed by atoms with Crippen LogP contribution >= 0.6 is 0 Å². The van der Waals surface area contributed by atoms with Gasteiger partial charge in [0.15, 0.2) is 0 Å². The van der Waals surface area contributed by atoms with E-state index in [9.17, 15) is 5.11 Å². The van der Waals surface area contributed by atoms with Crippen molar-refractivity contribution in [2.45, 2.75) is 12.6 Å². The van der Waals surface area contributed by atoms with E-state index in [1.165, 1.54) is 0 Å². The molecule has 0 aliphatic heterocycles. The standard InChI is InChI=1S/C15H19N3O/c1-18(10-12-5-4-8-17-9-12)11-15(19)13-6-2-3-7-14(13)16/h2-9,15,19H,10-11,16H2,1H3. The Kier molecular flexibility index (Phi) is 4.49. The van der Waals surface area contributed by atoms with Crippen LogP contribution in [0.3, 0.4) is 0 Å². The van der Waals surface area contributed by atoms with Crippen LogP contribution < -0.4 is 5.73 Å². The van der Waals surface area contributed by atoms with Gasteiger partial charge in [0.05, 0.1) is 6.10 Å². The minimum absolute atomic E-state index is 0.531. The Morgan fingerprint density at radius 3 is 2.74 bits per heavy atom. The minimum Gasteiger partial charge on any atom is -0.398 e. The normalized spacial score (nSPS) is 12.6. The highest BCUT2D eigenvalue weighted by atomic mass is 16.3. The molecule has 1 unspecified atom stereocenters. The number of aliphatic hydroxyl groups excluding tert-OH is 1. The number of aliphatic hydroxyl groups is 1. The molecule has 2 rings (SSSR count). The van der Waals surface area contributed by atoms with E-state index in [-0.39, 0.29) is 0 Å². The maximum atomic E-state index is 10.2. The molecule has 100 valence electrons. The number of rotatable bonds is 5. The SMILES string of the molecule is CN(Cc1cccnc1)CC(O)c1ccccc1N.